The van der Waals surface area contributed by atoms with E-state index >= 15 is 0 Å². The van der Waals surface area contributed by atoms with Crippen LogP contribution in [0.25, 0.3) is 10.9 Å². The third-order valence-corrected chi connectivity index (χ3v) is 3.32. The first-order valence-electron chi connectivity index (χ1n) is 6.73. The van der Waals surface area contributed by atoms with E-state index in [1.54, 1.807) is 7.05 Å². The molecule has 1 aromatic heterocycles. The Labute approximate surface area is 123 Å². The second-order valence-corrected chi connectivity index (χ2v) is 4.93. The maximum atomic E-state index is 11.7. The van der Waals surface area contributed by atoms with Gasteiger partial charge in [0, 0.05) is 26.0 Å². The molecule has 2 aromatic rings. The van der Waals surface area contributed by atoms with Crippen LogP contribution in [-0.4, -0.2) is 36.5 Å². The molecule has 4 N–H and O–H groups in total. The van der Waals surface area contributed by atoms with Gasteiger partial charge in [0.2, 0.25) is 11.9 Å². The molecule has 112 valence electrons. The number of carbonyl (C=O) groups excluding carboxylic acids is 1. The Morgan fingerprint density at radius 3 is 2.76 bits per heavy atom. The number of aromatic nitrogens is 2. The van der Waals surface area contributed by atoms with Crippen molar-refractivity contribution < 1.29 is 4.79 Å². The van der Waals surface area contributed by atoms with Crippen molar-refractivity contribution in [3.05, 3.63) is 24.3 Å². The number of rotatable bonds is 5. The minimum absolute atomic E-state index is 0.00242. The van der Waals surface area contributed by atoms with Crippen LogP contribution in [-0.2, 0) is 4.79 Å². The van der Waals surface area contributed by atoms with Crippen LogP contribution < -0.4 is 21.5 Å². The van der Waals surface area contributed by atoms with Crippen molar-refractivity contribution in [1.82, 2.24) is 15.3 Å². The van der Waals surface area contributed by atoms with Gasteiger partial charge in [0.25, 0.3) is 0 Å². The Hall–Kier alpha value is -2.41. The highest BCUT2D eigenvalue weighted by atomic mass is 16.1. The van der Waals surface area contributed by atoms with Gasteiger partial charge in [-0.1, -0.05) is 19.1 Å². The van der Waals surface area contributed by atoms with Crippen LogP contribution >= 0.6 is 0 Å². The molecular formula is C14H20N6O. The van der Waals surface area contributed by atoms with Gasteiger partial charge in [-0.05, 0) is 12.1 Å². The number of fused-ring (bicyclic) bond motifs is 1. The summed E-state index contributed by atoms with van der Waals surface area (Å²) >= 11 is 0. The normalized spacial score (nSPS) is 12.0. The molecule has 7 nitrogen and oxygen atoms in total. The Morgan fingerprint density at radius 1 is 1.38 bits per heavy atom. The topological polar surface area (TPSA) is 96.2 Å². The van der Waals surface area contributed by atoms with Gasteiger partial charge in [-0.3, -0.25) is 10.2 Å². The molecule has 1 amide bonds. The Bertz CT molecular complexity index is 644. The molecule has 1 heterocycles. The molecule has 0 saturated heterocycles. The van der Waals surface area contributed by atoms with Crippen LogP contribution in [0, 0.1) is 5.92 Å². The van der Waals surface area contributed by atoms with Gasteiger partial charge in [-0.25, -0.2) is 10.8 Å². The molecular weight excluding hydrogens is 268 g/mol. The van der Waals surface area contributed by atoms with Crippen LogP contribution in [0.5, 0.6) is 0 Å². The van der Waals surface area contributed by atoms with Crippen molar-refractivity contribution in [2.45, 2.75) is 6.92 Å². The first-order valence-corrected chi connectivity index (χ1v) is 6.73. The molecule has 0 bridgehead atoms. The average Bonchev–Trinajstić information content (AvgIpc) is 2.52. The number of hydrazine groups is 1. The number of nitrogens with two attached hydrogens (primary N) is 1. The van der Waals surface area contributed by atoms with E-state index in [1.807, 2.05) is 43.1 Å². The average molecular weight is 288 g/mol. The lowest BCUT2D eigenvalue weighted by atomic mass is 10.1. The van der Waals surface area contributed by atoms with E-state index < -0.39 is 0 Å². The number of anilines is 2. The molecule has 7 heteroatoms. The molecule has 0 aliphatic heterocycles. The highest BCUT2D eigenvalue weighted by Crippen LogP contribution is 2.24. The molecule has 1 unspecified atom stereocenters. The number of carbonyl (C=O) groups is 1. The number of benzene rings is 1. The summed E-state index contributed by atoms with van der Waals surface area (Å²) in [6, 6.07) is 7.69. The van der Waals surface area contributed by atoms with Gasteiger partial charge in [-0.2, -0.15) is 4.98 Å². The van der Waals surface area contributed by atoms with Crippen LogP contribution in [0.4, 0.5) is 11.8 Å². The Morgan fingerprint density at radius 2 is 2.10 bits per heavy atom. The molecule has 1 aromatic carbocycles. The van der Waals surface area contributed by atoms with E-state index in [0.717, 1.165) is 16.7 Å². The fourth-order valence-corrected chi connectivity index (χ4v) is 2.24. The summed E-state index contributed by atoms with van der Waals surface area (Å²) in [5.74, 6) is 6.36. The summed E-state index contributed by atoms with van der Waals surface area (Å²) in [5.41, 5.74) is 3.27. The summed E-state index contributed by atoms with van der Waals surface area (Å²) < 4.78 is 0. The Balaban J connectivity index is 2.37. The number of nitrogens with zero attached hydrogens (tertiary/aromatic N) is 3. The molecule has 2 rings (SSSR count). The largest absolute Gasteiger partial charge is 0.359 e. The predicted octanol–water partition coefficient (Wildman–Crippen LogP) is 0.734. The van der Waals surface area contributed by atoms with Crippen molar-refractivity contribution >= 4 is 28.6 Å². The van der Waals surface area contributed by atoms with Gasteiger partial charge >= 0.3 is 0 Å². The monoisotopic (exact) mass is 288 g/mol. The number of nitrogens with one attached hydrogen (secondary N) is 2. The molecule has 21 heavy (non-hydrogen) atoms. The van der Waals surface area contributed by atoms with Crippen molar-refractivity contribution in [1.29, 1.82) is 0 Å². The lowest BCUT2D eigenvalue weighted by Gasteiger charge is -2.23. The van der Waals surface area contributed by atoms with Crippen LogP contribution in [0.2, 0.25) is 0 Å². The van der Waals surface area contributed by atoms with Gasteiger partial charge < -0.3 is 10.2 Å². The zero-order valence-electron chi connectivity index (χ0n) is 12.4. The van der Waals surface area contributed by atoms with E-state index in [-0.39, 0.29) is 11.8 Å². The quantitative estimate of drug-likeness (QED) is 0.554. The highest BCUT2D eigenvalue weighted by molar-refractivity contribution is 5.90. The minimum Gasteiger partial charge on any atom is -0.359 e. The van der Waals surface area contributed by atoms with E-state index in [4.69, 9.17) is 5.84 Å². The van der Waals surface area contributed by atoms with Gasteiger partial charge in [0.05, 0.1) is 11.4 Å². The molecule has 0 spiro atoms. The number of nitrogen functional groups attached to an aromatic ring is 1. The molecule has 0 radical (unpaired) electrons. The maximum absolute atomic E-state index is 11.7. The zero-order chi connectivity index (χ0) is 15.4. The van der Waals surface area contributed by atoms with Crippen molar-refractivity contribution in [2.75, 3.05) is 31.0 Å². The van der Waals surface area contributed by atoms with Gasteiger partial charge in [-0.15, -0.1) is 0 Å². The third kappa shape index (κ3) is 3.19. The second-order valence-electron chi connectivity index (χ2n) is 4.93. The van der Waals surface area contributed by atoms with Crippen molar-refractivity contribution in [2.24, 2.45) is 11.8 Å². The van der Waals surface area contributed by atoms with Gasteiger partial charge in [0.15, 0.2) is 0 Å². The number of hydrogen-bond donors (Lipinski definition) is 3. The predicted molar refractivity (Wildman–Crippen MR) is 83.8 cm³/mol. The SMILES string of the molecule is CNC(=O)C(C)CN(C)c1nc(NN)nc2ccccc12. The smallest absolute Gasteiger partial charge is 0.239 e. The number of hydrogen-bond acceptors (Lipinski definition) is 6. The van der Waals surface area contributed by atoms with Gasteiger partial charge in [0.1, 0.15) is 5.82 Å². The fraction of sp³-hybridized carbons (Fsp3) is 0.357. The summed E-state index contributed by atoms with van der Waals surface area (Å²) in [5, 5.41) is 3.57. The molecule has 1 atom stereocenters. The van der Waals surface area contributed by atoms with Crippen molar-refractivity contribution in [3.63, 3.8) is 0 Å². The fourth-order valence-electron chi connectivity index (χ4n) is 2.24. The third-order valence-electron chi connectivity index (χ3n) is 3.32. The van der Waals surface area contributed by atoms with Crippen LogP contribution in [0.3, 0.4) is 0 Å². The summed E-state index contributed by atoms with van der Waals surface area (Å²) in [7, 11) is 3.53. The lowest BCUT2D eigenvalue weighted by molar-refractivity contribution is -0.123. The zero-order valence-corrected chi connectivity index (χ0v) is 12.4. The summed E-state index contributed by atoms with van der Waals surface area (Å²) in [6.07, 6.45) is 0. The van der Waals surface area contributed by atoms with Crippen molar-refractivity contribution in [3.8, 4) is 0 Å². The lowest BCUT2D eigenvalue weighted by Crippen LogP contribution is -2.34. The van der Waals surface area contributed by atoms with E-state index in [0.29, 0.717) is 12.5 Å². The van der Waals surface area contributed by atoms with E-state index in [2.05, 4.69) is 20.7 Å². The highest BCUT2D eigenvalue weighted by Gasteiger charge is 2.17. The van der Waals surface area contributed by atoms with E-state index in [9.17, 15) is 4.79 Å². The number of para-hydroxylation sites is 1. The second kappa shape index (κ2) is 6.36. The van der Waals surface area contributed by atoms with Crippen LogP contribution in [0.1, 0.15) is 6.92 Å². The first kappa shape index (κ1) is 15.0. The molecule has 0 aliphatic rings. The summed E-state index contributed by atoms with van der Waals surface area (Å²) in [6.45, 7) is 2.42. The number of amides is 1. The van der Waals surface area contributed by atoms with E-state index in [1.165, 1.54) is 0 Å². The first-order chi connectivity index (χ1) is 10.1. The standard InChI is InChI=1S/C14H20N6O/c1-9(13(21)16-2)8-20(3)12-10-6-4-5-7-11(10)17-14(18-12)19-15/h4-7,9H,8,15H2,1-3H3,(H,16,21)(H,17,18,19). The maximum Gasteiger partial charge on any atom is 0.239 e. The minimum atomic E-state index is -0.150. The van der Waals surface area contributed by atoms with Crippen LogP contribution in [0.15, 0.2) is 24.3 Å². The Kier molecular flexibility index (Phi) is 4.54. The molecule has 0 saturated carbocycles. The molecule has 0 fully saturated rings. The summed E-state index contributed by atoms with van der Waals surface area (Å²) in [4.78, 5) is 22.3. The molecule has 0 aliphatic carbocycles.